The van der Waals surface area contributed by atoms with Crippen LogP contribution in [0, 0.1) is 0 Å². The summed E-state index contributed by atoms with van der Waals surface area (Å²) in [5.74, 6) is 0.366. The lowest BCUT2D eigenvalue weighted by molar-refractivity contribution is -0.117. The highest BCUT2D eigenvalue weighted by Crippen LogP contribution is 2.41. The summed E-state index contributed by atoms with van der Waals surface area (Å²) in [5.41, 5.74) is -0.0931. The fraction of sp³-hybridized carbons (Fsp3) is 0.458. The SMILES string of the molecule is CC(C)(C)[Si](OCC12CCCN1CC(=O)C2)(c1ccccc1)c1ccccc1. The molecule has 0 aliphatic carbocycles. The fourth-order valence-corrected chi connectivity index (χ4v) is 9.94. The van der Waals surface area contributed by atoms with E-state index in [1.807, 2.05) is 0 Å². The minimum atomic E-state index is -2.54. The molecule has 0 N–H and O–H groups in total. The fourth-order valence-electron chi connectivity index (χ4n) is 5.30. The molecular formula is C24H31NO2Si. The van der Waals surface area contributed by atoms with E-state index < -0.39 is 8.32 Å². The van der Waals surface area contributed by atoms with Crippen LogP contribution in [0.5, 0.6) is 0 Å². The van der Waals surface area contributed by atoms with Crippen molar-refractivity contribution in [3.8, 4) is 0 Å². The van der Waals surface area contributed by atoms with E-state index in [-0.39, 0.29) is 10.6 Å². The second-order valence-electron chi connectivity index (χ2n) is 9.42. The van der Waals surface area contributed by atoms with E-state index in [9.17, 15) is 4.79 Å². The van der Waals surface area contributed by atoms with E-state index in [4.69, 9.17) is 4.43 Å². The highest BCUT2D eigenvalue weighted by atomic mass is 28.4. The highest BCUT2D eigenvalue weighted by molar-refractivity contribution is 6.99. The van der Waals surface area contributed by atoms with Gasteiger partial charge in [-0.2, -0.15) is 0 Å². The van der Waals surface area contributed by atoms with Crippen LogP contribution >= 0.6 is 0 Å². The molecule has 2 saturated heterocycles. The van der Waals surface area contributed by atoms with Crippen LogP contribution < -0.4 is 10.4 Å². The Bertz CT molecular complexity index is 791. The maximum absolute atomic E-state index is 12.2. The second kappa shape index (κ2) is 7.25. The molecule has 0 bridgehead atoms. The van der Waals surface area contributed by atoms with Gasteiger partial charge < -0.3 is 4.43 Å². The van der Waals surface area contributed by atoms with Gasteiger partial charge in [-0.05, 0) is 34.8 Å². The molecule has 2 aliphatic rings. The first kappa shape index (κ1) is 19.6. The lowest BCUT2D eigenvalue weighted by Gasteiger charge is -2.45. The van der Waals surface area contributed by atoms with Crippen LogP contribution in [0.1, 0.15) is 40.0 Å². The van der Waals surface area contributed by atoms with Gasteiger partial charge in [-0.25, -0.2) is 0 Å². The third kappa shape index (κ3) is 3.17. The first-order valence-corrected chi connectivity index (χ1v) is 12.3. The number of carbonyl (C=O) groups is 1. The predicted octanol–water partition coefficient (Wildman–Crippen LogP) is 3.37. The standard InChI is InChI=1S/C24H31NO2Si/c1-23(2,3)28(21-11-6-4-7-12-21,22-13-8-5-9-14-22)27-19-24-15-10-16-25(24)18-20(26)17-24/h4-9,11-14H,10,15-19H2,1-3H3. The van der Waals surface area contributed by atoms with E-state index in [0.717, 1.165) is 19.4 Å². The Kier molecular flexibility index (Phi) is 5.06. The smallest absolute Gasteiger partial charge is 0.261 e. The van der Waals surface area contributed by atoms with E-state index in [1.165, 1.54) is 10.4 Å². The predicted molar refractivity (Wildman–Crippen MR) is 117 cm³/mol. The van der Waals surface area contributed by atoms with Crippen molar-refractivity contribution in [3.63, 3.8) is 0 Å². The summed E-state index contributed by atoms with van der Waals surface area (Å²) >= 11 is 0. The van der Waals surface area contributed by atoms with Crippen molar-refractivity contribution in [1.82, 2.24) is 4.90 Å². The average molecular weight is 394 g/mol. The Hall–Kier alpha value is -1.75. The van der Waals surface area contributed by atoms with Crippen molar-refractivity contribution < 1.29 is 9.22 Å². The van der Waals surface area contributed by atoms with Crippen LogP contribution in [0.15, 0.2) is 60.7 Å². The number of Topliss-reactive ketones (excluding diaryl/α,β-unsaturated/α-hetero) is 1. The third-order valence-corrected chi connectivity index (χ3v) is 11.6. The maximum Gasteiger partial charge on any atom is 0.261 e. The van der Waals surface area contributed by atoms with Crippen molar-refractivity contribution in [1.29, 1.82) is 0 Å². The zero-order chi connectivity index (χ0) is 19.8. The van der Waals surface area contributed by atoms with Crippen molar-refractivity contribution in [2.24, 2.45) is 0 Å². The molecule has 148 valence electrons. The van der Waals surface area contributed by atoms with Gasteiger partial charge in [0.1, 0.15) is 5.78 Å². The minimum Gasteiger partial charge on any atom is -0.406 e. The lowest BCUT2D eigenvalue weighted by Crippen LogP contribution is -2.68. The number of nitrogens with zero attached hydrogens (tertiary/aromatic N) is 1. The first-order valence-electron chi connectivity index (χ1n) is 10.4. The molecule has 1 unspecified atom stereocenters. The van der Waals surface area contributed by atoms with Gasteiger partial charge in [0, 0.05) is 6.42 Å². The topological polar surface area (TPSA) is 29.5 Å². The van der Waals surface area contributed by atoms with Crippen LogP contribution in [-0.4, -0.2) is 44.2 Å². The minimum absolute atomic E-state index is 0.0294. The number of ketones is 1. The number of hydrogen-bond donors (Lipinski definition) is 0. The highest BCUT2D eigenvalue weighted by Gasteiger charge is 2.54. The van der Waals surface area contributed by atoms with Crippen LogP contribution in [0.2, 0.25) is 5.04 Å². The van der Waals surface area contributed by atoms with Gasteiger partial charge in [-0.15, -0.1) is 0 Å². The summed E-state index contributed by atoms with van der Waals surface area (Å²) < 4.78 is 7.15. The molecule has 4 rings (SSSR count). The number of hydrogen-bond acceptors (Lipinski definition) is 3. The molecule has 2 heterocycles. The number of benzene rings is 2. The third-order valence-electron chi connectivity index (χ3n) is 6.61. The normalized spacial score (nSPS) is 23.2. The molecule has 0 radical (unpaired) electrons. The average Bonchev–Trinajstić information content (AvgIpc) is 3.18. The molecule has 2 fully saturated rings. The summed E-state index contributed by atoms with van der Waals surface area (Å²) in [7, 11) is -2.54. The Morgan fingerprint density at radius 2 is 1.57 bits per heavy atom. The Morgan fingerprint density at radius 1 is 1.00 bits per heavy atom. The van der Waals surface area contributed by atoms with Crippen LogP contribution in [0.25, 0.3) is 0 Å². The van der Waals surface area contributed by atoms with Gasteiger partial charge in [0.05, 0.1) is 18.7 Å². The Labute approximate surface area is 169 Å². The number of rotatable bonds is 5. The summed E-state index contributed by atoms with van der Waals surface area (Å²) in [5, 5.41) is 2.58. The van der Waals surface area contributed by atoms with Crippen molar-refractivity contribution in [2.75, 3.05) is 19.7 Å². The van der Waals surface area contributed by atoms with E-state index >= 15 is 0 Å². The number of carbonyl (C=O) groups excluding carboxylic acids is 1. The molecule has 0 aromatic heterocycles. The van der Waals surface area contributed by atoms with E-state index in [2.05, 4.69) is 86.3 Å². The Morgan fingerprint density at radius 3 is 2.11 bits per heavy atom. The molecule has 1 atom stereocenters. The Balaban J connectivity index is 1.78. The summed E-state index contributed by atoms with van der Waals surface area (Å²) in [4.78, 5) is 14.6. The van der Waals surface area contributed by atoms with Gasteiger partial charge in [-0.1, -0.05) is 81.4 Å². The largest absolute Gasteiger partial charge is 0.406 e. The second-order valence-corrected chi connectivity index (χ2v) is 13.7. The molecule has 0 saturated carbocycles. The molecule has 0 spiro atoms. The van der Waals surface area contributed by atoms with E-state index in [0.29, 0.717) is 25.4 Å². The van der Waals surface area contributed by atoms with Crippen LogP contribution in [0.4, 0.5) is 0 Å². The summed E-state index contributed by atoms with van der Waals surface area (Å²) in [6.07, 6.45) is 2.87. The summed E-state index contributed by atoms with van der Waals surface area (Å²) in [6, 6.07) is 21.5. The molecule has 2 aliphatic heterocycles. The zero-order valence-electron chi connectivity index (χ0n) is 17.3. The molecule has 2 aromatic rings. The lowest BCUT2D eigenvalue weighted by atomic mass is 9.95. The number of fused-ring (bicyclic) bond motifs is 1. The molecule has 0 amide bonds. The zero-order valence-corrected chi connectivity index (χ0v) is 18.3. The van der Waals surface area contributed by atoms with Gasteiger partial charge >= 0.3 is 0 Å². The van der Waals surface area contributed by atoms with Gasteiger partial charge in [-0.3, -0.25) is 9.69 Å². The summed E-state index contributed by atoms with van der Waals surface area (Å²) in [6.45, 7) is 9.20. The molecular weight excluding hydrogens is 362 g/mol. The quantitative estimate of drug-likeness (QED) is 0.730. The maximum atomic E-state index is 12.2. The molecule has 3 nitrogen and oxygen atoms in total. The molecule has 2 aromatic carbocycles. The molecule has 4 heteroatoms. The van der Waals surface area contributed by atoms with Crippen LogP contribution in [0.3, 0.4) is 0 Å². The van der Waals surface area contributed by atoms with Crippen LogP contribution in [-0.2, 0) is 9.22 Å². The van der Waals surface area contributed by atoms with Gasteiger partial charge in [0.2, 0.25) is 0 Å². The van der Waals surface area contributed by atoms with Crippen molar-refractivity contribution >= 4 is 24.5 Å². The van der Waals surface area contributed by atoms with E-state index in [1.54, 1.807) is 0 Å². The van der Waals surface area contributed by atoms with Gasteiger partial charge in [0.25, 0.3) is 8.32 Å². The molecule has 28 heavy (non-hydrogen) atoms. The van der Waals surface area contributed by atoms with Gasteiger partial charge in [0.15, 0.2) is 0 Å². The van der Waals surface area contributed by atoms with Crippen molar-refractivity contribution in [3.05, 3.63) is 60.7 Å². The monoisotopic (exact) mass is 393 g/mol. The first-order chi connectivity index (χ1) is 13.4. The van der Waals surface area contributed by atoms with Crippen molar-refractivity contribution in [2.45, 2.75) is 50.6 Å².